The van der Waals surface area contributed by atoms with Crippen molar-refractivity contribution >= 4 is 18.1 Å². The highest BCUT2D eigenvalue weighted by Gasteiger charge is 2.19. The molecule has 0 radical (unpaired) electrons. The number of aromatic amines is 2. The molecule has 1 aliphatic carbocycles. The van der Waals surface area contributed by atoms with E-state index in [1.165, 1.54) is 0 Å². The molecular weight excluding hydrogens is 480 g/mol. The van der Waals surface area contributed by atoms with E-state index in [9.17, 15) is 9.59 Å². The summed E-state index contributed by atoms with van der Waals surface area (Å²) in [4.78, 5) is 39.5. The number of terminal acetylenes is 1. The van der Waals surface area contributed by atoms with Crippen molar-refractivity contribution in [3.05, 3.63) is 63.1 Å². The lowest BCUT2D eigenvalue weighted by Gasteiger charge is -2.17. The maximum absolute atomic E-state index is 12.8. The largest absolute Gasteiger partial charge is 0.438 e. The van der Waals surface area contributed by atoms with E-state index in [1.807, 2.05) is 52.0 Å². The first-order valence-corrected chi connectivity index (χ1v) is 13.2. The van der Waals surface area contributed by atoms with Gasteiger partial charge in [-0.15, -0.1) is 12.3 Å². The summed E-state index contributed by atoms with van der Waals surface area (Å²) < 4.78 is 10.8. The van der Waals surface area contributed by atoms with Gasteiger partial charge in [0.1, 0.15) is 10.7 Å². The highest BCUT2D eigenvalue weighted by atomic mass is 16.7. The molecule has 0 spiro atoms. The lowest BCUT2D eigenvalue weighted by atomic mass is 9.90. The number of hydrogen-bond donors (Lipinski definition) is 2. The van der Waals surface area contributed by atoms with Crippen molar-refractivity contribution in [3.8, 4) is 18.2 Å². The molecule has 2 aromatic heterocycles. The third-order valence-electron chi connectivity index (χ3n) is 5.14. The SMILES string of the molecule is C#CCCCC(=O)OCOc1n/c(=C\C2C=CC=CC2)c(=O)[nH]/c1=C\c1nc[nH]c1C(C)(C)C.CC.CC. The Morgan fingerprint density at radius 3 is 2.61 bits per heavy atom. The summed E-state index contributed by atoms with van der Waals surface area (Å²) in [5.74, 6) is 2.26. The van der Waals surface area contributed by atoms with E-state index in [0.717, 1.165) is 12.1 Å². The average molecular weight is 523 g/mol. The Morgan fingerprint density at radius 1 is 1.24 bits per heavy atom. The van der Waals surface area contributed by atoms with Crippen molar-refractivity contribution in [2.24, 2.45) is 5.92 Å². The number of nitrogens with one attached hydrogen (secondary N) is 2. The Bertz CT molecular complexity index is 1290. The number of allylic oxidation sites excluding steroid dienone is 4. The Balaban J connectivity index is 0.00000172. The molecule has 2 heterocycles. The summed E-state index contributed by atoms with van der Waals surface area (Å²) in [5, 5.41) is 0.567. The zero-order chi connectivity index (χ0) is 28.6. The van der Waals surface area contributed by atoms with Crippen LogP contribution in [0.1, 0.15) is 85.5 Å². The molecule has 0 aromatic carbocycles. The van der Waals surface area contributed by atoms with Crippen LogP contribution in [0.2, 0.25) is 0 Å². The van der Waals surface area contributed by atoms with E-state index in [0.29, 0.717) is 23.9 Å². The molecule has 0 amide bonds. The summed E-state index contributed by atoms with van der Waals surface area (Å²) in [7, 11) is 0. The Kier molecular flexibility index (Phi) is 14.2. The predicted molar refractivity (Wildman–Crippen MR) is 153 cm³/mol. The van der Waals surface area contributed by atoms with Crippen molar-refractivity contribution in [2.45, 2.75) is 79.6 Å². The van der Waals surface area contributed by atoms with Gasteiger partial charge < -0.3 is 19.4 Å². The van der Waals surface area contributed by atoms with Crippen LogP contribution in [-0.4, -0.2) is 32.7 Å². The van der Waals surface area contributed by atoms with Crippen molar-refractivity contribution < 1.29 is 14.3 Å². The fourth-order valence-electron chi connectivity index (χ4n) is 3.42. The third kappa shape index (κ3) is 10.3. The van der Waals surface area contributed by atoms with E-state index in [2.05, 4.69) is 46.6 Å². The highest BCUT2D eigenvalue weighted by Crippen LogP contribution is 2.23. The molecule has 206 valence electrons. The summed E-state index contributed by atoms with van der Waals surface area (Å²) in [6.45, 7) is 13.8. The molecule has 0 bridgehead atoms. The number of unbranched alkanes of at least 4 members (excludes halogenated alkanes) is 1. The quantitative estimate of drug-likeness (QED) is 0.232. The standard InChI is InChI=1S/C26H30N4O4.2C2H6/c1-5-6-8-13-22(31)33-17-34-25-21(15-19-23(26(2,3)4)28-16-27-19)29-24(32)20(30-25)14-18-11-9-7-10-12-18;2*1-2/h1,7,9-11,14-16,18H,6,8,12-13,17H2,2-4H3,(H,27,28)(H,29,32);2*1-2H3/b20-14-,21-15-;;. The average Bonchev–Trinajstić information content (AvgIpc) is 3.39. The zero-order valence-corrected chi connectivity index (χ0v) is 23.8. The summed E-state index contributed by atoms with van der Waals surface area (Å²) in [6.07, 6.45) is 20.2. The van der Waals surface area contributed by atoms with Gasteiger partial charge in [0.2, 0.25) is 12.7 Å². The molecule has 1 atom stereocenters. The van der Waals surface area contributed by atoms with Crippen LogP contribution in [0.3, 0.4) is 0 Å². The van der Waals surface area contributed by atoms with Crippen LogP contribution in [0.5, 0.6) is 5.88 Å². The number of H-pyrrole nitrogens is 2. The van der Waals surface area contributed by atoms with Gasteiger partial charge in [0, 0.05) is 29.9 Å². The van der Waals surface area contributed by atoms with Crippen LogP contribution in [0.15, 0.2) is 35.4 Å². The predicted octanol–water partition coefficient (Wildman–Crippen LogP) is 4.27. The molecule has 8 nitrogen and oxygen atoms in total. The Hall–Kier alpha value is -3.86. The van der Waals surface area contributed by atoms with Crippen LogP contribution in [0.25, 0.3) is 12.2 Å². The van der Waals surface area contributed by atoms with Crippen molar-refractivity contribution in [2.75, 3.05) is 6.79 Å². The van der Waals surface area contributed by atoms with Crippen molar-refractivity contribution in [1.82, 2.24) is 19.9 Å². The first-order valence-electron chi connectivity index (χ1n) is 13.2. The number of imidazole rings is 1. The number of esters is 1. The van der Waals surface area contributed by atoms with Crippen molar-refractivity contribution in [3.63, 3.8) is 0 Å². The second-order valence-corrected chi connectivity index (χ2v) is 8.94. The number of aromatic nitrogens is 4. The van der Waals surface area contributed by atoms with Gasteiger partial charge >= 0.3 is 5.97 Å². The molecule has 2 aromatic rings. The van der Waals surface area contributed by atoms with Gasteiger partial charge in [-0.1, -0.05) is 72.8 Å². The molecule has 0 aliphatic heterocycles. The van der Waals surface area contributed by atoms with Gasteiger partial charge in [-0.3, -0.25) is 9.59 Å². The topological polar surface area (TPSA) is 110 Å². The maximum Gasteiger partial charge on any atom is 0.308 e. The first kappa shape index (κ1) is 32.2. The molecular formula is C30H42N4O4. The van der Waals surface area contributed by atoms with E-state index < -0.39 is 5.97 Å². The van der Waals surface area contributed by atoms with Crippen LogP contribution in [0, 0.1) is 18.3 Å². The second-order valence-electron chi connectivity index (χ2n) is 8.94. The normalized spacial score (nSPS) is 15.1. The molecule has 3 rings (SSSR count). The lowest BCUT2D eigenvalue weighted by molar-refractivity contribution is -0.150. The summed E-state index contributed by atoms with van der Waals surface area (Å²) >= 11 is 0. The van der Waals surface area contributed by atoms with E-state index in [4.69, 9.17) is 15.9 Å². The van der Waals surface area contributed by atoms with Gasteiger partial charge in [0.25, 0.3) is 5.56 Å². The fraction of sp³-hybridized carbons (Fsp3) is 0.467. The Labute approximate surface area is 226 Å². The van der Waals surface area contributed by atoms with Crippen LogP contribution < -0.4 is 21.0 Å². The van der Waals surface area contributed by atoms with Gasteiger partial charge in [-0.05, 0) is 25.0 Å². The number of rotatable bonds is 8. The number of carbonyl (C=O) groups excluding carboxylic acids is 1. The molecule has 0 saturated heterocycles. The smallest absolute Gasteiger partial charge is 0.308 e. The maximum atomic E-state index is 12.8. The third-order valence-corrected chi connectivity index (χ3v) is 5.14. The second kappa shape index (κ2) is 16.8. The van der Waals surface area contributed by atoms with Gasteiger partial charge in [-0.25, -0.2) is 9.97 Å². The van der Waals surface area contributed by atoms with Crippen LogP contribution >= 0.6 is 0 Å². The number of hydrogen-bond acceptors (Lipinski definition) is 6. The molecule has 1 unspecified atom stereocenters. The molecule has 0 saturated carbocycles. The number of ether oxygens (including phenoxy) is 2. The van der Waals surface area contributed by atoms with Crippen LogP contribution in [0.4, 0.5) is 0 Å². The minimum Gasteiger partial charge on any atom is -0.438 e. The van der Waals surface area contributed by atoms with Gasteiger partial charge in [-0.2, -0.15) is 0 Å². The lowest BCUT2D eigenvalue weighted by Crippen LogP contribution is -2.38. The van der Waals surface area contributed by atoms with Gasteiger partial charge in [0.05, 0.1) is 12.0 Å². The number of carbonyl (C=O) groups is 1. The summed E-state index contributed by atoms with van der Waals surface area (Å²) in [5.41, 5.74) is 1.01. The first-order chi connectivity index (χ1) is 18.3. The highest BCUT2D eigenvalue weighted by molar-refractivity contribution is 5.69. The van der Waals surface area contributed by atoms with E-state index in [-0.39, 0.29) is 41.3 Å². The number of nitrogens with zero attached hydrogens (tertiary/aromatic N) is 2. The fourth-order valence-corrected chi connectivity index (χ4v) is 3.42. The van der Waals surface area contributed by atoms with E-state index in [1.54, 1.807) is 18.5 Å². The van der Waals surface area contributed by atoms with Gasteiger partial charge in [0.15, 0.2) is 0 Å². The molecule has 38 heavy (non-hydrogen) atoms. The monoisotopic (exact) mass is 522 g/mol. The van der Waals surface area contributed by atoms with E-state index >= 15 is 0 Å². The Morgan fingerprint density at radius 2 is 1.97 bits per heavy atom. The summed E-state index contributed by atoms with van der Waals surface area (Å²) in [6, 6.07) is 0. The zero-order valence-electron chi connectivity index (χ0n) is 23.8. The van der Waals surface area contributed by atoms with Crippen molar-refractivity contribution in [1.29, 1.82) is 0 Å². The molecule has 0 fully saturated rings. The minimum atomic E-state index is -0.418. The minimum absolute atomic E-state index is 0.0501. The van der Waals surface area contributed by atoms with Crippen LogP contribution in [-0.2, 0) is 14.9 Å². The molecule has 1 aliphatic rings. The molecule has 2 N–H and O–H groups in total. The molecule has 8 heteroatoms.